The van der Waals surface area contributed by atoms with E-state index in [1.807, 2.05) is 0 Å². The molecule has 128 valence electrons. The molecule has 1 unspecified atom stereocenters. The second-order valence-corrected chi connectivity index (χ2v) is 7.95. The Morgan fingerprint density at radius 2 is 1.10 bits per heavy atom. The maximum atomic E-state index is 6.09. The molecule has 1 nitrogen and oxygen atoms in total. The molecule has 0 aromatic carbocycles. The lowest BCUT2D eigenvalue weighted by Gasteiger charge is -2.31. The molecule has 0 amide bonds. The first-order valence-electron chi connectivity index (χ1n) is 9.47. The van der Waals surface area contributed by atoms with E-state index >= 15 is 0 Å². The summed E-state index contributed by atoms with van der Waals surface area (Å²) in [5, 5.41) is 0. The van der Waals surface area contributed by atoms with Crippen LogP contribution in [0.5, 0.6) is 0 Å². The monoisotopic (exact) mass is 298 g/mol. The van der Waals surface area contributed by atoms with Crippen LogP contribution in [0.25, 0.3) is 0 Å². The predicted octanol–water partition coefficient (Wildman–Crippen LogP) is 6.71. The van der Waals surface area contributed by atoms with E-state index < -0.39 is 0 Å². The lowest BCUT2D eigenvalue weighted by atomic mass is 9.82. The maximum Gasteiger partial charge on any atom is 0.0580 e. The van der Waals surface area contributed by atoms with Crippen molar-refractivity contribution in [1.82, 2.24) is 0 Å². The van der Waals surface area contributed by atoms with Crippen LogP contribution in [0.1, 0.15) is 93.4 Å². The molecule has 0 aliphatic heterocycles. The van der Waals surface area contributed by atoms with Gasteiger partial charge in [0.1, 0.15) is 0 Å². The minimum Gasteiger partial charge on any atom is -0.378 e. The molecule has 0 aliphatic rings. The smallest absolute Gasteiger partial charge is 0.0580 e. The molecular formula is C20H42O. The third-order valence-corrected chi connectivity index (χ3v) is 4.64. The maximum absolute atomic E-state index is 6.09. The topological polar surface area (TPSA) is 9.23 Å². The summed E-state index contributed by atoms with van der Waals surface area (Å²) in [6, 6.07) is 0. The standard InChI is InChI=1S/C20H42O/c1-16(2)14-12-10-8-9-11-13-15-21-19(7)20(17(3)4)18(5)6/h16-20H,8-15H2,1-7H3. The van der Waals surface area contributed by atoms with Gasteiger partial charge in [-0.2, -0.15) is 0 Å². The fourth-order valence-corrected chi connectivity index (χ4v) is 3.60. The summed E-state index contributed by atoms with van der Waals surface area (Å²) >= 11 is 0. The molecule has 0 saturated heterocycles. The summed E-state index contributed by atoms with van der Waals surface area (Å²) < 4.78 is 6.09. The van der Waals surface area contributed by atoms with E-state index in [-0.39, 0.29) is 0 Å². The number of ether oxygens (including phenoxy) is 1. The van der Waals surface area contributed by atoms with Crippen molar-refractivity contribution in [2.75, 3.05) is 6.61 Å². The van der Waals surface area contributed by atoms with E-state index in [0.29, 0.717) is 23.9 Å². The van der Waals surface area contributed by atoms with Gasteiger partial charge in [0.15, 0.2) is 0 Å². The van der Waals surface area contributed by atoms with Crippen molar-refractivity contribution in [2.24, 2.45) is 23.7 Å². The normalized spacial score (nSPS) is 13.9. The van der Waals surface area contributed by atoms with Crippen LogP contribution in [0.3, 0.4) is 0 Å². The van der Waals surface area contributed by atoms with Crippen LogP contribution in [0.4, 0.5) is 0 Å². The first-order chi connectivity index (χ1) is 9.86. The number of rotatable bonds is 13. The van der Waals surface area contributed by atoms with Gasteiger partial charge in [-0.25, -0.2) is 0 Å². The van der Waals surface area contributed by atoms with E-state index in [9.17, 15) is 0 Å². The SMILES string of the molecule is CC(C)CCCCCCCCOC(C)C(C(C)C)C(C)C. The average Bonchev–Trinajstić information content (AvgIpc) is 2.35. The van der Waals surface area contributed by atoms with Crippen molar-refractivity contribution in [2.45, 2.75) is 99.5 Å². The van der Waals surface area contributed by atoms with Gasteiger partial charge in [0.05, 0.1) is 6.10 Å². The molecule has 0 aliphatic carbocycles. The molecule has 0 rings (SSSR count). The molecule has 0 aromatic rings. The molecular weight excluding hydrogens is 256 g/mol. The van der Waals surface area contributed by atoms with Crippen LogP contribution >= 0.6 is 0 Å². The molecule has 0 aromatic heterocycles. The average molecular weight is 299 g/mol. The molecule has 0 heterocycles. The molecule has 0 bridgehead atoms. The molecule has 0 spiro atoms. The zero-order valence-electron chi connectivity index (χ0n) is 16.0. The van der Waals surface area contributed by atoms with Crippen molar-refractivity contribution in [3.8, 4) is 0 Å². The van der Waals surface area contributed by atoms with Crippen molar-refractivity contribution in [3.63, 3.8) is 0 Å². The van der Waals surface area contributed by atoms with Crippen molar-refractivity contribution < 1.29 is 4.74 Å². The lowest BCUT2D eigenvalue weighted by molar-refractivity contribution is -0.00882. The Balaban J connectivity index is 3.53. The summed E-state index contributed by atoms with van der Waals surface area (Å²) in [5.74, 6) is 2.97. The van der Waals surface area contributed by atoms with Crippen molar-refractivity contribution in [3.05, 3.63) is 0 Å². The van der Waals surface area contributed by atoms with Crippen LogP contribution < -0.4 is 0 Å². The van der Waals surface area contributed by atoms with Gasteiger partial charge in [0.2, 0.25) is 0 Å². The summed E-state index contributed by atoms with van der Waals surface area (Å²) in [6.45, 7) is 17.1. The Kier molecular flexibility index (Phi) is 12.5. The van der Waals surface area contributed by atoms with E-state index in [0.717, 1.165) is 12.5 Å². The molecule has 0 N–H and O–H groups in total. The highest BCUT2D eigenvalue weighted by atomic mass is 16.5. The Bertz CT molecular complexity index is 212. The van der Waals surface area contributed by atoms with Gasteiger partial charge >= 0.3 is 0 Å². The quantitative estimate of drug-likeness (QED) is 0.343. The zero-order chi connectivity index (χ0) is 16.3. The van der Waals surface area contributed by atoms with Crippen LogP contribution in [0.2, 0.25) is 0 Å². The fraction of sp³-hybridized carbons (Fsp3) is 1.00. The zero-order valence-corrected chi connectivity index (χ0v) is 16.0. The summed E-state index contributed by atoms with van der Waals surface area (Å²) in [6.07, 6.45) is 9.98. The molecule has 1 atom stereocenters. The highest BCUT2D eigenvalue weighted by molar-refractivity contribution is 4.73. The Morgan fingerprint density at radius 3 is 1.57 bits per heavy atom. The molecule has 21 heavy (non-hydrogen) atoms. The second kappa shape index (κ2) is 12.5. The summed E-state index contributed by atoms with van der Waals surface area (Å²) in [4.78, 5) is 0. The highest BCUT2D eigenvalue weighted by Gasteiger charge is 2.24. The predicted molar refractivity (Wildman–Crippen MR) is 95.7 cm³/mol. The molecule has 0 saturated carbocycles. The molecule has 1 heteroatoms. The Morgan fingerprint density at radius 1 is 0.619 bits per heavy atom. The van der Waals surface area contributed by atoms with E-state index in [1.54, 1.807) is 0 Å². The van der Waals surface area contributed by atoms with Gasteiger partial charge < -0.3 is 4.74 Å². The lowest BCUT2D eigenvalue weighted by Crippen LogP contribution is -2.30. The van der Waals surface area contributed by atoms with Gasteiger partial charge in [-0.3, -0.25) is 0 Å². The van der Waals surface area contributed by atoms with Gasteiger partial charge in [-0.1, -0.05) is 80.1 Å². The van der Waals surface area contributed by atoms with Gasteiger partial charge in [0, 0.05) is 6.61 Å². The largest absolute Gasteiger partial charge is 0.378 e. The molecule has 0 fully saturated rings. The van der Waals surface area contributed by atoms with Crippen molar-refractivity contribution >= 4 is 0 Å². The number of unbranched alkanes of at least 4 members (excludes halogenated alkanes) is 5. The van der Waals surface area contributed by atoms with Gasteiger partial charge in [-0.05, 0) is 37.0 Å². The second-order valence-electron chi connectivity index (χ2n) is 7.95. The summed E-state index contributed by atoms with van der Waals surface area (Å²) in [7, 11) is 0. The first-order valence-corrected chi connectivity index (χ1v) is 9.47. The van der Waals surface area contributed by atoms with Crippen LogP contribution in [-0.4, -0.2) is 12.7 Å². The Labute approximate surface area is 135 Å². The first kappa shape index (κ1) is 21.0. The van der Waals surface area contributed by atoms with E-state index in [2.05, 4.69) is 48.5 Å². The Hall–Kier alpha value is -0.0400. The van der Waals surface area contributed by atoms with Crippen LogP contribution in [0, 0.1) is 23.7 Å². The highest BCUT2D eigenvalue weighted by Crippen LogP contribution is 2.26. The number of hydrogen-bond acceptors (Lipinski definition) is 1. The van der Waals surface area contributed by atoms with Gasteiger partial charge in [0.25, 0.3) is 0 Å². The van der Waals surface area contributed by atoms with Crippen LogP contribution in [-0.2, 0) is 4.74 Å². The number of hydrogen-bond donors (Lipinski definition) is 0. The minimum atomic E-state index is 0.399. The van der Waals surface area contributed by atoms with Crippen LogP contribution in [0.15, 0.2) is 0 Å². The minimum absolute atomic E-state index is 0.399. The molecule has 0 radical (unpaired) electrons. The van der Waals surface area contributed by atoms with E-state index in [1.165, 1.54) is 44.9 Å². The third-order valence-electron chi connectivity index (χ3n) is 4.64. The van der Waals surface area contributed by atoms with E-state index in [4.69, 9.17) is 4.74 Å². The van der Waals surface area contributed by atoms with Crippen molar-refractivity contribution in [1.29, 1.82) is 0 Å². The third kappa shape index (κ3) is 11.2. The summed E-state index contributed by atoms with van der Waals surface area (Å²) in [5.41, 5.74) is 0. The van der Waals surface area contributed by atoms with Gasteiger partial charge in [-0.15, -0.1) is 0 Å². The fourth-order valence-electron chi connectivity index (χ4n) is 3.60.